The van der Waals surface area contributed by atoms with Crippen molar-refractivity contribution in [1.29, 1.82) is 0 Å². The molecule has 112 valence electrons. The van der Waals surface area contributed by atoms with E-state index in [0.717, 1.165) is 4.88 Å². The van der Waals surface area contributed by atoms with Crippen molar-refractivity contribution >= 4 is 23.3 Å². The van der Waals surface area contributed by atoms with Crippen LogP contribution in [0.15, 0.2) is 6.07 Å². The number of carboxylic acid groups (broad SMARTS) is 1. The van der Waals surface area contributed by atoms with E-state index in [0.29, 0.717) is 6.54 Å². The van der Waals surface area contributed by atoms with Crippen LogP contribution in [0.25, 0.3) is 0 Å². The van der Waals surface area contributed by atoms with Gasteiger partial charge in [0.05, 0.1) is 6.54 Å². The van der Waals surface area contributed by atoms with E-state index in [1.54, 1.807) is 11.3 Å². The number of aryl methyl sites for hydroxylation is 2. The molecule has 0 atom stereocenters. The van der Waals surface area contributed by atoms with Gasteiger partial charge in [0.1, 0.15) is 6.54 Å². The van der Waals surface area contributed by atoms with E-state index in [-0.39, 0.29) is 12.6 Å². The van der Waals surface area contributed by atoms with E-state index in [1.807, 2.05) is 40.7 Å². The third-order valence-electron chi connectivity index (χ3n) is 2.98. The van der Waals surface area contributed by atoms with Gasteiger partial charge >= 0.3 is 12.0 Å². The van der Waals surface area contributed by atoms with Gasteiger partial charge in [-0.05, 0) is 46.2 Å². The Morgan fingerprint density at radius 1 is 1.35 bits per heavy atom. The molecule has 2 N–H and O–H groups in total. The quantitative estimate of drug-likeness (QED) is 0.898. The van der Waals surface area contributed by atoms with E-state index < -0.39 is 11.5 Å². The summed E-state index contributed by atoms with van der Waals surface area (Å²) in [4.78, 5) is 26.6. The Hall–Kier alpha value is -1.56. The first-order chi connectivity index (χ1) is 9.11. The van der Waals surface area contributed by atoms with Crippen molar-refractivity contribution < 1.29 is 14.7 Å². The minimum Gasteiger partial charge on any atom is -0.480 e. The summed E-state index contributed by atoms with van der Waals surface area (Å²) in [5.74, 6) is -1.02. The fraction of sp³-hybridized carbons (Fsp3) is 0.571. The highest BCUT2D eigenvalue weighted by molar-refractivity contribution is 7.12. The molecule has 1 aromatic rings. The highest BCUT2D eigenvalue weighted by Crippen LogP contribution is 2.20. The predicted molar refractivity (Wildman–Crippen MR) is 80.1 cm³/mol. The minimum atomic E-state index is -1.02. The molecule has 20 heavy (non-hydrogen) atoms. The van der Waals surface area contributed by atoms with E-state index in [4.69, 9.17) is 5.11 Å². The smallest absolute Gasteiger partial charge is 0.323 e. The van der Waals surface area contributed by atoms with Gasteiger partial charge in [-0.2, -0.15) is 0 Å². The molecule has 5 nitrogen and oxygen atoms in total. The van der Waals surface area contributed by atoms with Crippen LogP contribution in [0.1, 0.15) is 36.1 Å². The molecule has 0 fully saturated rings. The number of nitrogens with zero attached hydrogens (tertiary/aromatic N) is 1. The summed E-state index contributed by atoms with van der Waals surface area (Å²) in [5, 5.41) is 11.7. The van der Waals surface area contributed by atoms with Crippen LogP contribution >= 0.6 is 11.3 Å². The molecule has 0 saturated heterocycles. The number of nitrogens with one attached hydrogen (secondary N) is 1. The van der Waals surface area contributed by atoms with Crippen LogP contribution in [0.5, 0.6) is 0 Å². The molecule has 2 amide bonds. The zero-order chi connectivity index (χ0) is 15.5. The van der Waals surface area contributed by atoms with Crippen molar-refractivity contribution in [2.45, 2.75) is 46.7 Å². The second kappa shape index (κ2) is 6.26. The SMILES string of the molecule is Cc1cc(CNC(=O)N(CC(=O)O)C(C)(C)C)sc1C. The van der Waals surface area contributed by atoms with Crippen molar-refractivity contribution in [3.05, 3.63) is 21.4 Å². The maximum atomic E-state index is 12.1. The predicted octanol–water partition coefficient (Wildman–Crippen LogP) is 2.76. The molecule has 1 rings (SSSR count). The Morgan fingerprint density at radius 3 is 2.35 bits per heavy atom. The Kier molecular flexibility index (Phi) is 5.16. The van der Waals surface area contributed by atoms with Gasteiger partial charge in [0.25, 0.3) is 0 Å². The maximum absolute atomic E-state index is 12.1. The van der Waals surface area contributed by atoms with Crippen LogP contribution < -0.4 is 5.32 Å². The summed E-state index contributed by atoms with van der Waals surface area (Å²) in [7, 11) is 0. The van der Waals surface area contributed by atoms with Gasteiger partial charge in [-0.15, -0.1) is 11.3 Å². The van der Waals surface area contributed by atoms with Crippen molar-refractivity contribution in [3.8, 4) is 0 Å². The summed E-state index contributed by atoms with van der Waals surface area (Å²) in [6, 6.07) is 1.68. The number of carbonyl (C=O) groups is 2. The highest BCUT2D eigenvalue weighted by atomic mass is 32.1. The summed E-state index contributed by atoms with van der Waals surface area (Å²) < 4.78 is 0. The summed E-state index contributed by atoms with van der Waals surface area (Å²) >= 11 is 1.64. The van der Waals surface area contributed by atoms with Crippen LogP contribution in [-0.4, -0.2) is 34.1 Å². The van der Waals surface area contributed by atoms with Gasteiger partial charge in [-0.3, -0.25) is 4.79 Å². The summed E-state index contributed by atoms with van der Waals surface area (Å²) in [6.45, 7) is 9.63. The van der Waals surface area contributed by atoms with Gasteiger partial charge in [-0.25, -0.2) is 4.79 Å². The number of urea groups is 1. The number of amides is 2. The second-order valence-electron chi connectivity index (χ2n) is 5.76. The number of carbonyl (C=O) groups excluding carboxylic acids is 1. The number of hydrogen-bond acceptors (Lipinski definition) is 3. The van der Waals surface area contributed by atoms with Gasteiger partial charge in [0.2, 0.25) is 0 Å². The Morgan fingerprint density at radius 2 is 1.95 bits per heavy atom. The number of aliphatic carboxylic acids is 1. The topological polar surface area (TPSA) is 69.6 Å². The minimum absolute atomic E-state index is 0.308. The Balaban J connectivity index is 2.69. The van der Waals surface area contributed by atoms with E-state index in [1.165, 1.54) is 15.3 Å². The summed E-state index contributed by atoms with van der Waals surface area (Å²) in [5.41, 5.74) is 0.668. The zero-order valence-electron chi connectivity index (χ0n) is 12.6. The van der Waals surface area contributed by atoms with Crippen LogP contribution in [0.2, 0.25) is 0 Å². The molecule has 0 saturated carbocycles. The standard InChI is InChI=1S/C14H22N2O3S/c1-9-6-11(20-10(9)2)7-15-13(19)16(8-12(17)18)14(3,4)5/h6H,7-8H2,1-5H3,(H,15,19)(H,17,18). The van der Waals surface area contributed by atoms with Crippen molar-refractivity contribution in [1.82, 2.24) is 10.2 Å². The molecule has 0 aliphatic carbocycles. The molecule has 6 heteroatoms. The summed E-state index contributed by atoms with van der Waals surface area (Å²) in [6.07, 6.45) is 0. The van der Waals surface area contributed by atoms with Gasteiger partial charge in [-0.1, -0.05) is 0 Å². The third kappa shape index (κ3) is 4.52. The normalized spacial score (nSPS) is 11.2. The first-order valence-electron chi connectivity index (χ1n) is 6.44. The first kappa shape index (κ1) is 16.5. The maximum Gasteiger partial charge on any atom is 0.323 e. The molecule has 0 spiro atoms. The van der Waals surface area contributed by atoms with E-state index in [2.05, 4.69) is 5.32 Å². The third-order valence-corrected chi connectivity index (χ3v) is 4.13. The molecule has 0 aliphatic rings. The molecule has 1 heterocycles. The zero-order valence-corrected chi connectivity index (χ0v) is 13.4. The van der Waals surface area contributed by atoms with Crippen LogP contribution in [0, 0.1) is 13.8 Å². The number of carboxylic acids is 1. The lowest BCUT2D eigenvalue weighted by molar-refractivity contribution is -0.138. The monoisotopic (exact) mass is 298 g/mol. The molecule has 0 bridgehead atoms. The molecule has 1 aromatic heterocycles. The second-order valence-corrected chi connectivity index (χ2v) is 7.10. The number of thiophene rings is 1. The average molecular weight is 298 g/mol. The van der Waals surface area contributed by atoms with Gasteiger partial charge < -0.3 is 15.3 Å². The molecule has 0 radical (unpaired) electrons. The van der Waals surface area contributed by atoms with Crippen LogP contribution in [-0.2, 0) is 11.3 Å². The molecular weight excluding hydrogens is 276 g/mol. The van der Waals surface area contributed by atoms with Gasteiger partial charge in [0.15, 0.2) is 0 Å². The average Bonchev–Trinajstić information content (AvgIpc) is 2.61. The molecule has 0 aliphatic heterocycles. The lowest BCUT2D eigenvalue weighted by Crippen LogP contribution is -2.52. The lowest BCUT2D eigenvalue weighted by Gasteiger charge is -2.34. The first-order valence-corrected chi connectivity index (χ1v) is 7.26. The number of rotatable bonds is 4. The van der Waals surface area contributed by atoms with Crippen molar-refractivity contribution in [2.75, 3.05) is 6.54 Å². The Labute approximate surface area is 123 Å². The number of hydrogen-bond donors (Lipinski definition) is 2. The Bertz CT molecular complexity index is 484. The van der Waals surface area contributed by atoms with E-state index >= 15 is 0 Å². The van der Waals surface area contributed by atoms with Crippen LogP contribution in [0.3, 0.4) is 0 Å². The van der Waals surface area contributed by atoms with Gasteiger partial charge in [0, 0.05) is 15.3 Å². The van der Waals surface area contributed by atoms with Crippen LogP contribution in [0.4, 0.5) is 4.79 Å². The van der Waals surface area contributed by atoms with Crippen molar-refractivity contribution in [3.63, 3.8) is 0 Å². The fourth-order valence-corrected chi connectivity index (χ4v) is 2.74. The molecular formula is C14H22N2O3S. The van der Waals surface area contributed by atoms with E-state index in [9.17, 15) is 9.59 Å². The fourth-order valence-electron chi connectivity index (χ4n) is 1.74. The molecule has 0 aromatic carbocycles. The lowest BCUT2D eigenvalue weighted by atomic mass is 10.1. The van der Waals surface area contributed by atoms with Crippen molar-refractivity contribution in [2.24, 2.45) is 0 Å². The molecule has 0 unspecified atom stereocenters. The largest absolute Gasteiger partial charge is 0.480 e. The highest BCUT2D eigenvalue weighted by Gasteiger charge is 2.28.